The zero-order valence-corrected chi connectivity index (χ0v) is 28.5. The van der Waals surface area contributed by atoms with Gasteiger partial charge < -0.3 is 20.4 Å². The molecule has 12 heteroatoms. The Morgan fingerprint density at radius 2 is 1.78 bits per heavy atom. The standard InChI is InChI=1S/C37H47FN10O/c1-2-32-34-31(20-39)41-23-47(34)33-21-40-37(44-35(33)48(32)28-5-3-4-6-28)43-26-11-14-29(30(38)19-26)36(49)42-25-9-12-27(13-10-25)46-17-15-45(16-18-46)22-24-7-8-24/h11,14,19,21,23-25,27-28,32H,2-10,12-13,15-18,22H2,1H3,(H,42,49)(H,40,43,44)/t25?,27?,32-/m1/s1. The van der Waals surface area contributed by atoms with Crippen molar-refractivity contribution in [2.45, 2.75) is 102 Å². The largest absolute Gasteiger partial charge is 0.349 e. The van der Waals surface area contributed by atoms with Gasteiger partial charge >= 0.3 is 0 Å². The second-order valence-corrected chi connectivity index (χ2v) is 14.7. The van der Waals surface area contributed by atoms with E-state index >= 15 is 4.39 Å². The number of hydrogen-bond donors (Lipinski definition) is 2. The Kier molecular flexibility index (Phi) is 8.97. The van der Waals surface area contributed by atoms with Gasteiger partial charge in [-0.15, -0.1) is 0 Å². The maximum Gasteiger partial charge on any atom is 0.254 e. The van der Waals surface area contributed by atoms with Crippen molar-refractivity contribution < 1.29 is 9.18 Å². The van der Waals surface area contributed by atoms with Crippen LogP contribution in [0.2, 0.25) is 0 Å². The van der Waals surface area contributed by atoms with Gasteiger partial charge in [-0.25, -0.2) is 14.4 Å². The molecule has 3 saturated carbocycles. The third-order valence-electron chi connectivity index (χ3n) is 11.6. The van der Waals surface area contributed by atoms with Crippen LogP contribution in [0.1, 0.15) is 105 Å². The summed E-state index contributed by atoms with van der Waals surface area (Å²) in [6.07, 6.45) is 15.5. The quantitative estimate of drug-likeness (QED) is 0.297. The van der Waals surface area contributed by atoms with Crippen molar-refractivity contribution in [2.75, 3.05) is 42.9 Å². The first-order valence-electron chi connectivity index (χ1n) is 18.5. The number of carbonyl (C=O) groups excluding carboxylic acids is 1. The molecule has 2 aliphatic heterocycles. The lowest BCUT2D eigenvalue weighted by Crippen LogP contribution is -2.52. The van der Waals surface area contributed by atoms with Gasteiger partial charge in [-0.2, -0.15) is 10.2 Å². The van der Waals surface area contributed by atoms with E-state index in [4.69, 9.17) is 4.98 Å². The molecule has 2 N–H and O–H groups in total. The fourth-order valence-electron chi connectivity index (χ4n) is 8.75. The molecule has 0 radical (unpaired) electrons. The number of aromatic nitrogens is 4. The van der Waals surface area contributed by atoms with Gasteiger partial charge in [0.1, 0.15) is 23.9 Å². The van der Waals surface area contributed by atoms with Crippen LogP contribution in [0.4, 0.5) is 21.8 Å². The number of halogens is 1. The highest BCUT2D eigenvalue weighted by atomic mass is 19.1. The summed E-state index contributed by atoms with van der Waals surface area (Å²) in [6.45, 7) is 8.03. The molecule has 8 rings (SSSR count). The zero-order valence-electron chi connectivity index (χ0n) is 28.5. The van der Waals surface area contributed by atoms with E-state index in [0.717, 1.165) is 94.0 Å². The first-order chi connectivity index (χ1) is 24.0. The molecule has 5 aliphatic rings. The Morgan fingerprint density at radius 1 is 1.00 bits per heavy atom. The molecular formula is C37H47FN10O. The Morgan fingerprint density at radius 3 is 2.47 bits per heavy atom. The maximum atomic E-state index is 15.4. The average molecular weight is 667 g/mol. The van der Waals surface area contributed by atoms with Crippen LogP contribution in [-0.4, -0.2) is 86.1 Å². The lowest BCUT2D eigenvalue weighted by atomic mass is 9.89. The Hall–Kier alpha value is -4.08. The summed E-state index contributed by atoms with van der Waals surface area (Å²) in [5.74, 6) is 1.13. The van der Waals surface area contributed by atoms with E-state index in [2.05, 4.69) is 48.3 Å². The van der Waals surface area contributed by atoms with Crippen molar-refractivity contribution >= 4 is 23.4 Å². The maximum absolute atomic E-state index is 15.4. The van der Waals surface area contributed by atoms with Crippen molar-refractivity contribution in [1.29, 1.82) is 5.26 Å². The Balaban J connectivity index is 0.911. The molecule has 1 amide bonds. The van der Waals surface area contributed by atoms with Crippen LogP contribution in [0, 0.1) is 23.1 Å². The number of nitrogens with one attached hydrogen (secondary N) is 2. The monoisotopic (exact) mass is 666 g/mol. The number of benzene rings is 1. The molecule has 1 atom stereocenters. The van der Waals surface area contributed by atoms with Crippen molar-refractivity contribution in [3.63, 3.8) is 0 Å². The molecular weight excluding hydrogens is 619 g/mol. The minimum atomic E-state index is -0.580. The number of nitriles is 1. The minimum Gasteiger partial charge on any atom is -0.349 e. The average Bonchev–Trinajstić information content (AvgIpc) is 3.56. The second-order valence-electron chi connectivity index (χ2n) is 14.7. The molecule has 0 bridgehead atoms. The lowest BCUT2D eigenvalue weighted by molar-refractivity contribution is 0.0693. The number of imidazole rings is 1. The van der Waals surface area contributed by atoms with Crippen LogP contribution in [0.25, 0.3) is 5.69 Å². The highest BCUT2D eigenvalue weighted by Gasteiger charge is 2.39. The Bertz CT molecular complexity index is 1710. The van der Waals surface area contributed by atoms with Crippen molar-refractivity contribution in [3.05, 3.63) is 53.5 Å². The van der Waals surface area contributed by atoms with E-state index < -0.39 is 5.82 Å². The number of nitrogens with zero attached hydrogens (tertiary/aromatic N) is 8. The number of anilines is 3. The third-order valence-corrected chi connectivity index (χ3v) is 11.6. The highest BCUT2D eigenvalue weighted by Crippen LogP contribution is 2.44. The molecule has 4 heterocycles. The summed E-state index contributed by atoms with van der Waals surface area (Å²) in [4.78, 5) is 34.7. The molecule has 3 aliphatic carbocycles. The van der Waals surface area contributed by atoms with E-state index in [-0.39, 0.29) is 23.6 Å². The summed E-state index contributed by atoms with van der Waals surface area (Å²) in [5.41, 5.74) is 2.62. The number of carbonyl (C=O) groups is 1. The molecule has 258 valence electrons. The second kappa shape index (κ2) is 13.7. The highest BCUT2D eigenvalue weighted by molar-refractivity contribution is 5.95. The van der Waals surface area contributed by atoms with Crippen LogP contribution in [-0.2, 0) is 0 Å². The van der Waals surface area contributed by atoms with Gasteiger partial charge in [0, 0.05) is 56.5 Å². The number of amides is 1. The molecule has 0 spiro atoms. The normalized spacial score (nSPS) is 24.7. The number of rotatable bonds is 9. The molecule has 2 aromatic heterocycles. The van der Waals surface area contributed by atoms with E-state index in [1.165, 1.54) is 44.6 Å². The Labute approximate surface area is 287 Å². The fourth-order valence-corrected chi connectivity index (χ4v) is 8.75. The molecule has 1 aromatic carbocycles. The van der Waals surface area contributed by atoms with Crippen LogP contribution < -0.4 is 15.5 Å². The van der Waals surface area contributed by atoms with Crippen LogP contribution in [0.3, 0.4) is 0 Å². The van der Waals surface area contributed by atoms with E-state index in [0.29, 0.717) is 29.4 Å². The third kappa shape index (κ3) is 6.51. The van der Waals surface area contributed by atoms with Gasteiger partial charge in [-0.1, -0.05) is 19.8 Å². The van der Waals surface area contributed by atoms with E-state index in [1.54, 1.807) is 18.6 Å². The van der Waals surface area contributed by atoms with E-state index in [9.17, 15) is 10.1 Å². The summed E-state index contributed by atoms with van der Waals surface area (Å²) < 4.78 is 17.4. The predicted molar refractivity (Wildman–Crippen MR) is 186 cm³/mol. The summed E-state index contributed by atoms with van der Waals surface area (Å²) in [7, 11) is 0. The molecule has 49 heavy (non-hydrogen) atoms. The van der Waals surface area contributed by atoms with Crippen LogP contribution >= 0.6 is 0 Å². The summed E-state index contributed by atoms with van der Waals surface area (Å²) >= 11 is 0. The lowest BCUT2D eigenvalue weighted by Gasteiger charge is -2.42. The van der Waals surface area contributed by atoms with Gasteiger partial charge in [-0.3, -0.25) is 14.3 Å². The summed E-state index contributed by atoms with van der Waals surface area (Å²) in [6, 6.07) is 7.77. The molecule has 4 fully saturated rings. The van der Waals surface area contributed by atoms with Crippen molar-refractivity contribution in [2.24, 2.45) is 5.92 Å². The van der Waals surface area contributed by atoms with E-state index in [1.807, 2.05) is 4.57 Å². The first-order valence-corrected chi connectivity index (χ1v) is 18.5. The zero-order chi connectivity index (χ0) is 33.5. The number of piperazine rings is 1. The molecule has 3 aromatic rings. The topological polar surface area (TPSA) is 118 Å². The smallest absolute Gasteiger partial charge is 0.254 e. The van der Waals surface area contributed by atoms with Crippen molar-refractivity contribution in [3.8, 4) is 11.8 Å². The molecule has 11 nitrogen and oxygen atoms in total. The van der Waals surface area contributed by atoms with Gasteiger partial charge in [0.2, 0.25) is 5.95 Å². The van der Waals surface area contributed by atoms with Crippen LogP contribution in [0.5, 0.6) is 0 Å². The first kappa shape index (κ1) is 32.1. The van der Waals surface area contributed by atoms with Gasteiger partial charge in [-0.05, 0) is 81.9 Å². The molecule has 0 unspecified atom stereocenters. The SMILES string of the molecule is CC[C@@H]1c2c(C#N)ncn2-c2cnc(Nc3ccc(C(=O)NC4CCC(N5CCN(CC6CC6)CC5)CC4)c(F)c3)nc2N1C1CCCC1. The predicted octanol–water partition coefficient (Wildman–Crippen LogP) is 5.70. The number of hydrogen-bond acceptors (Lipinski definition) is 9. The molecule has 1 saturated heterocycles. The van der Waals surface area contributed by atoms with Gasteiger partial charge in [0.25, 0.3) is 5.91 Å². The van der Waals surface area contributed by atoms with Gasteiger partial charge in [0.15, 0.2) is 11.5 Å². The number of fused-ring (bicyclic) bond motifs is 3. The van der Waals surface area contributed by atoms with Crippen LogP contribution in [0.15, 0.2) is 30.7 Å². The minimum absolute atomic E-state index is 0.0341. The van der Waals surface area contributed by atoms with Crippen molar-refractivity contribution in [1.82, 2.24) is 34.6 Å². The van der Waals surface area contributed by atoms with Gasteiger partial charge in [0.05, 0.1) is 23.5 Å². The summed E-state index contributed by atoms with van der Waals surface area (Å²) in [5, 5.41) is 16.1. The fraction of sp³-hybridized carbons (Fsp3) is 0.595.